The van der Waals surface area contributed by atoms with Crippen LogP contribution in [-0.2, 0) is 21.9 Å². The molecule has 0 heterocycles. The molecule has 2 aromatic carbocycles. The third-order valence-electron chi connectivity index (χ3n) is 5.72. The van der Waals surface area contributed by atoms with Gasteiger partial charge in [-0.3, -0.25) is 9.59 Å². The summed E-state index contributed by atoms with van der Waals surface area (Å²) in [5.41, 5.74) is 2.21. The zero-order valence-corrected chi connectivity index (χ0v) is 20.5. The van der Waals surface area contributed by atoms with E-state index in [-0.39, 0.29) is 17.9 Å². The zero-order chi connectivity index (χ0) is 22.1. The minimum atomic E-state index is -0.504. The molecule has 0 saturated heterocycles. The summed E-state index contributed by atoms with van der Waals surface area (Å²) >= 11 is 5.05. The second-order valence-electron chi connectivity index (χ2n) is 8.15. The maximum atomic E-state index is 13.2. The van der Waals surface area contributed by atoms with Gasteiger partial charge in [-0.1, -0.05) is 77.7 Å². The van der Waals surface area contributed by atoms with E-state index in [1.807, 2.05) is 49.4 Å². The van der Waals surface area contributed by atoms with Gasteiger partial charge in [0, 0.05) is 22.8 Å². The smallest absolute Gasteiger partial charge is 0.242 e. The van der Waals surface area contributed by atoms with Gasteiger partial charge < -0.3 is 10.2 Å². The minimum absolute atomic E-state index is 0.00450. The standard InChI is InChI=1S/C25H31BrN2O2S/c1-19(25(30)27-23-10-6-3-7-11-23)28(16-20-12-14-22(26)15-13-20)24(29)18-31-17-21-8-4-2-5-9-21/h2,4-5,8-9,12-15,19,23H,3,6-7,10-11,16-18H2,1H3,(H,27,30)/t19-/m0/s1. The van der Waals surface area contributed by atoms with E-state index in [1.165, 1.54) is 12.0 Å². The van der Waals surface area contributed by atoms with Crippen molar-refractivity contribution in [3.63, 3.8) is 0 Å². The number of thioether (sulfide) groups is 1. The molecule has 0 spiro atoms. The summed E-state index contributed by atoms with van der Waals surface area (Å²) in [5, 5.41) is 3.18. The highest BCUT2D eigenvalue weighted by Gasteiger charge is 2.28. The van der Waals surface area contributed by atoms with Crippen LogP contribution in [0.3, 0.4) is 0 Å². The predicted molar refractivity (Wildman–Crippen MR) is 132 cm³/mol. The van der Waals surface area contributed by atoms with Gasteiger partial charge in [0.1, 0.15) is 6.04 Å². The zero-order valence-electron chi connectivity index (χ0n) is 18.1. The van der Waals surface area contributed by atoms with Crippen molar-refractivity contribution in [2.45, 2.75) is 63.4 Å². The molecule has 4 nitrogen and oxygen atoms in total. The summed E-state index contributed by atoms with van der Waals surface area (Å²) in [5.74, 6) is 1.08. The lowest BCUT2D eigenvalue weighted by Gasteiger charge is -2.31. The first kappa shape index (κ1) is 23.9. The van der Waals surface area contributed by atoms with Gasteiger partial charge >= 0.3 is 0 Å². The van der Waals surface area contributed by atoms with Crippen LogP contribution >= 0.6 is 27.7 Å². The monoisotopic (exact) mass is 502 g/mol. The van der Waals surface area contributed by atoms with Gasteiger partial charge in [0.15, 0.2) is 0 Å². The van der Waals surface area contributed by atoms with Crippen molar-refractivity contribution < 1.29 is 9.59 Å². The van der Waals surface area contributed by atoms with E-state index in [0.29, 0.717) is 12.3 Å². The van der Waals surface area contributed by atoms with Gasteiger partial charge in [0.25, 0.3) is 0 Å². The minimum Gasteiger partial charge on any atom is -0.352 e. The van der Waals surface area contributed by atoms with Crippen LogP contribution in [0.1, 0.15) is 50.2 Å². The largest absolute Gasteiger partial charge is 0.352 e. The van der Waals surface area contributed by atoms with E-state index in [4.69, 9.17) is 0 Å². The molecule has 1 N–H and O–H groups in total. The van der Waals surface area contributed by atoms with Gasteiger partial charge in [-0.2, -0.15) is 0 Å². The van der Waals surface area contributed by atoms with Crippen LogP contribution in [0.2, 0.25) is 0 Å². The highest BCUT2D eigenvalue weighted by Crippen LogP contribution is 2.20. The number of halogens is 1. The number of nitrogens with zero attached hydrogens (tertiary/aromatic N) is 1. The Labute approximate surface area is 198 Å². The average Bonchev–Trinajstić information content (AvgIpc) is 2.79. The molecule has 0 radical (unpaired) electrons. The topological polar surface area (TPSA) is 49.4 Å². The van der Waals surface area contributed by atoms with Crippen LogP contribution in [0.15, 0.2) is 59.1 Å². The molecule has 2 amide bonds. The fourth-order valence-corrected chi connectivity index (χ4v) is 4.99. The van der Waals surface area contributed by atoms with Crippen molar-refractivity contribution in [1.82, 2.24) is 10.2 Å². The molecular formula is C25H31BrN2O2S. The molecule has 1 atom stereocenters. The molecule has 31 heavy (non-hydrogen) atoms. The average molecular weight is 504 g/mol. The summed E-state index contributed by atoms with van der Waals surface area (Å²) in [6.45, 7) is 2.27. The van der Waals surface area contributed by atoms with E-state index >= 15 is 0 Å². The van der Waals surface area contributed by atoms with Crippen molar-refractivity contribution in [3.8, 4) is 0 Å². The number of amides is 2. The van der Waals surface area contributed by atoms with E-state index in [9.17, 15) is 9.59 Å². The molecule has 1 saturated carbocycles. The van der Waals surface area contributed by atoms with Gasteiger partial charge in [-0.15, -0.1) is 11.8 Å². The number of carbonyl (C=O) groups is 2. The molecule has 0 unspecified atom stereocenters. The lowest BCUT2D eigenvalue weighted by molar-refractivity contribution is -0.139. The maximum absolute atomic E-state index is 13.2. The van der Waals surface area contributed by atoms with E-state index in [2.05, 4.69) is 33.4 Å². The lowest BCUT2D eigenvalue weighted by atomic mass is 9.95. The van der Waals surface area contributed by atoms with E-state index in [1.54, 1.807) is 16.7 Å². The van der Waals surface area contributed by atoms with Crippen molar-refractivity contribution in [2.24, 2.45) is 0 Å². The molecular weight excluding hydrogens is 472 g/mol. The molecule has 3 rings (SSSR count). The quantitative estimate of drug-likeness (QED) is 0.488. The number of benzene rings is 2. The van der Waals surface area contributed by atoms with Gasteiger partial charge in [0.2, 0.25) is 11.8 Å². The van der Waals surface area contributed by atoms with E-state index in [0.717, 1.165) is 41.5 Å². The highest BCUT2D eigenvalue weighted by atomic mass is 79.9. The Balaban J connectivity index is 1.64. The Hall–Kier alpha value is -1.79. The Morgan fingerprint density at radius 2 is 1.71 bits per heavy atom. The van der Waals surface area contributed by atoms with Crippen LogP contribution in [0.4, 0.5) is 0 Å². The van der Waals surface area contributed by atoms with Gasteiger partial charge in [0.05, 0.1) is 5.75 Å². The molecule has 0 aliphatic heterocycles. The molecule has 1 aliphatic carbocycles. The number of carbonyl (C=O) groups excluding carboxylic acids is 2. The van der Waals surface area contributed by atoms with Crippen LogP contribution in [0, 0.1) is 0 Å². The summed E-state index contributed by atoms with van der Waals surface area (Å²) < 4.78 is 0.996. The van der Waals surface area contributed by atoms with Crippen LogP contribution in [-0.4, -0.2) is 34.6 Å². The van der Waals surface area contributed by atoms with Gasteiger partial charge in [-0.05, 0) is 43.0 Å². The summed E-state index contributed by atoms with van der Waals surface area (Å²) in [4.78, 5) is 27.9. The Morgan fingerprint density at radius 1 is 1.03 bits per heavy atom. The van der Waals surface area contributed by atoms with Crippen LogP contribution in [0.5, 0.6) is 0 Å². The first-order valence-corrected chi connectivity index (χ1v) is 12.9. The Bertz CT molecular complexity index is 838. The second-order valence-corrected chi connectivity index (χ2v) is 10.0. The third-order valence-corrected chi connectivity index (χ3v) is 7.24. The molecule has 0 bridgehead atoms. The molecule has 166 valence electrons. The van der Waals surface area contributed by atoms with Crippen molar-refractivity contribution in [3.05, 3.63) is 70.2 Å². The predicted octanol–water partition coefficient (Wildman–Crippen LogP) is 5.55. The molecule has 1 fully saturated rings. The summed E-state index contributed by atoms with van der Waals surface area (Å²) in [6.07, 6.45) is 5.64. The van der Waals surface area contributed by atoms with Gasteiger partial charge in [-0.25, -0.2) is 0 Å². The fourth-order valence-electron chi connectivity index (χ4n) is 3.85. The number of nitrogens with one attached hydrogen (secondary N) is 1. The molecule has 6 heteroatoms. The van der Waals surface area contributed by atoms with Crippen LogP contribution < -0.4 is 5.32 Å². The first-order chi connectivity index (χ1) is 15.0. The maximum Gasteiger partial charge on any atom is 0.242 e. The fraction of sp³-hybridized carbons (Fsp3) is 0.440. The highest BCUT2D eigenvalue weighted by molar-refractivity contribution is 9.10. The van der Waals surface area contributed by atoms with Crippen LogP contribution in [0.25, 0.3) is 0 Å². The Kier molecular flexibility index (Phi) is 9.47. The van der Waals surface area contributed by atoms with Crippen molar-refractivity contribution >= 4 is 39.5 Å². The Morgan fingerprint density at radius 3 is 2.39 bits per heavy atom. The molecule has 0 aromatic heterocycles. The third kappa shape index (κ3) is 7.69. The molecule has 1 aliphatic rings. The lowest BCUT2D eigenvalue weighted by Crippen LogP contribution is -2.50. The number of hydrogen-bond acceptors (Lipinski definition) is 3. The summed E-state index contributed by atoms with van der Waals surface area (Å²) in [7, 11) is 0. The normalized spacial score (nSPS) is 15.3. The van der Waals surface area contributed by atoms with Crippen molar-refractivity contribution in [2.75, 3.05) is 5.75 Å². The summed E-state index contributed by atoms with van der Waals surface area (Å²) in [6, 6.07) is 17.8. The second kappa shape index (κ2) is 12.3. The molecule has 2 aromatic rings. The SMILES string of the molecule is C[C@@H](C(=O)NC1CCCCC1)N(Cc1ccc(Br)cc1)C(=O)CSCc1ccccc1. The first-order valence-electron chi connectivity index (χ1n) is 11.0. The van der Waals surface area contributed by atoms with Crippen molar-refractivity contribution in [1.29, 1.82) is 0 Å². The number of hydrogen-bond donors (Lipinski definition) is 1. The number of rotatable bonds is 9. The van der Waals surface area contributed by atoms with E-state index < -0.39 is 6.04 Å².